The largest absolute Gasteiger partial charge is 0.347 e. The minimum atomic E-state index is -0.136. The van der Waals surface area contributed by atoms with Crippen molar-refractivity contribution >= 4 is 11.6 Å². The summed E-state index contributed by atoms with van der Waals surface area (Å²) in [5.74, 6) is 0.0521. The van der Waals surface area contributed by atoms with Crippen LogP contribution in [0.4, 0.5) is 0 Å². The van der Waals surface area contributed by atoms with Crippen LogP contribution >= 0.6 is 0 Å². The van der Waals surface area contributed by atoms with Crippen LogP contribution in [0.2, 0.25) is 0 Å². The minimum absolute atomic E-state index is 0.0521. The van der Waals surface area contributed by atoms with Crippen molar-refractivity contribution < 1.29 is 9.39 Å². The molecule has 0 saturated carbocycles. The Hall–Kier alpha value is -1.42. The number of carbonyl (C=O) groups excluding carboxylic acids is 1. The number of likely N-dealkylation sites (N-methyl/N-ethyl adjacent to an activating group) is 1. The lowest BCUT2D eigenvalue weighted by Crippen LogP contribution is -2.50. The molecule has 1 atom stereocenters. The molecule has 1 unspecified atom stereocenters. The van der Waals surface area contributed by atoms with Crippen LogP contribution in [0.3, 0.4) is 0 Å². The molecule has 98 valence electrons. The van der Waals surface area contributed by atoms with Gasteiger partial charge in [-0.15, -0.1) is 0 Å². The summed E-state index contributed by atoms with van der Waals surface area (Å²) in [6.45, 7) is 8.77. The van der Waals surface area contributed by atoms with Crippen LogP contribution in [-0.2, 0) is 4.79 Å². The van der Waals surface area contributed by atoms with Crippen molar-refractivity contribution in [3.63, 3.8) is 0 Å². The molecule has 2 aliphatic rings. The lowest BCUT2D eigenvalue weighted by atomic mass is 9.88. The zero-order valence-corrected chi connectivity index (χ0v) is 11.9. The summed E-state index contributed by atoms with van der Waals surface area (Å²) in [5, 5.41) is 7.61. The van der Waals surface area contributed by atoms with E-state index in [1.165, 1.54) is 5.57 Å². The molecule has 0 saturated heterocycles. The summed E-state index contributed by atoms with van der Waals surface area (Å²) in [5.41, 5.74) is 2.92. The highest BCUT2D eigenvalue weighted by molar-refractivity contribution is 5.96. The number of hydrogen-bond donors (Lipinski definition) is 1. The van der Waals surface area contributed by atoms with Crippen LogP contribution in [0.1, 0.15) is 34.1 Å². The van der Waals surface area contributed by atoms with Gasteiger partial charge in [-0.25, -0.2) is 0 Å². The zero-order chi connectivity index (χ0) is 13.6. The highest BCUT2D eigenvalue weighted by Crippen LogP contribution is 2.27. The molecule has 1 amide bonds. The van der Waals surface area contributed by atoms with Gasteiger partial charge in [-0.1, -0.05) is 10.7 Å². The Morgan fingerprint density at radius 2 is 2.11 bits per heavy atom. The molecule has 4 nitrogen and oxygen atoms in total. The summed E-state index contributed by atoms with van der Waals surface area (Å²) in [6, 6.07) is 0. The van der Waals surface area contributed by atoms with Crippen molar-refractivity contribution in [2.24, 2.45) is 5.10 Å². The lowest BCUT2D eigenvalue weighted by molar-refractivity contribution is -0.858. The second kappa shape index (κ2) is 4.05. The number of amides is 1. The Morgan fingerprint density at radius 1 is 1.44 bits per heavy atom. The average molecular weight is 248 g/mol. The van der Waals surface area contributed by atoms with Gasteiger partial charge < -0.3 is 5.32 Å². The molecule has 0 radical (unpaired) electrons. The van der Waals surface area contributed by atoms with Gasteiger partial charge in [0.25, 0.3) is 5.91 Å². The smallest absolute Gasteiger partial charge is 0.253 e. The van der Waals surface area contributed by atoms with Crippen LogP contribution < -0.4 is 5.32 Å². The van der Waals surface area contributed by atoms with E-state index in [1.807, 2.05) is 26.2 Å². The fourth-order valence-electron chi connectivity index (χ4n) is 2.70. The summed E-state index contributed by atoms with van der Waals surface area (Å²) in [4.78, 5) is 12.2. The van der Waals surface area contributed by atoms with Gasteiger partial charge in [0.05, 0.1) is 18.3 Å². The summed E-state index contributed by atoms with van der Waals surface area (Å²) >= 11 is 0. The highest BCUT2D eigenvalue weighted by atomic mass is 16.2. The van der Waals surface area contributed by atoms with Gasteiger partial charge in [0.1, 0.15) is 12.7 Å². The number of nitrogens with zero attached hydrogens (tertiary/aromatic N) is 2. The molecule has 2 aliphatic heterocycles. The topological polar surface area (TPSA) is 41.5 Å². The Kier molecular flexibility index (Phi) is 2.93. The molecule has 0 aromatic rings. The fraction of sp³-hybridized carbons (Fsp3) is 0.571. The number of rotatable bonds is 2. The highest BCUT2D eigenvalue weighted by Gasteiger charge is 2.35. The quantitative estimate of drug-likeness (QED) is 0.746. The zero-order valence-electron chi connectivity index (χ0n) is 11.9. The Morgan fingerprint density at radius 3 is 2.61 bits per heavy atom. The van der Waals surface area contributed by atoms with Gasteiger partial charge in [-0.05, 0) is 34.1 Å². The molecule has 0 aliphatic carbocycles. The van der Waals surface area contributed by atoms with E-state index in [4.69, 9.17) is 0 Å². The van der Waals surface area contributed by atoms with E-state index >= 15 is 0 Å². The van der Waals surface area contributed by atoms with Gasteiger partial charge in [-0.2, -0.15) is 4.59 Å². The van der Waals surface area contributed by atoms with Crippen LogP contribution in [-0.4, -0.2) is 35.3 Å². The Labute approximate surface area is 109 Å². The van der Waals surface area contributed by atoms with E-state index in [0.29, 0.717) is 11.1 Å². The maximum absolute atomic E-state index is 12.2. The van der Waals surface area contributed by atoms with E-state index in [0.717, 1.165) is 17.7 Å². The molecule has 18 heavy (non-hydrogen) atoms. The predicted molar refractivity (Wildman–Crippen MR) is 72.8 cm³/mol. The number of carbonyl (C=O) groups is 1. The second-order valence-electron chi connectivity index (χ2n) is 6.20. The van der Waals surface area contributed by atoms with Crippen LogP contribution in [0.5, 0.6) is 0 Å². The normalized spacial score (nSPS) is 30.5. The Balaban J connectivity index is 2.25. The van der Waals surface area contributed by atoms with Crippen molar-refractivity contribution in [2.75, 3.05) is 13.6 Å². The first kappa shape index (κ1) is 13.0. The number of hydrogen-bond acceptors (Lipinski definition) is 2. The van der Waals surface area contributed by atoms with Gasteiger partial charge in [0.2, 0.25) is 0 Å². The molecule has 0 aromatic carbocycles. The van der Waals surface area contributed by atoms with Crippen molar-refractivity contribution in [3.8, 4) is 0 Å². The predicted octanol–water partition coefficient (Wildman–Crippen LogP) is 1.95. The summed E-state index contributed by atoms with van der Waals surface area (Å²) in [7, 11) is 2.01. The third-order valence-corrected chi connectivity index (χ3v) is 3.45. The SMILES string of the molecule is CC1=N[N+](C)(CC2=C(C)CC(C)(C)NC2=O)C=C1. The maximum atomic E-state index is 12.2. The van der Waals surface area contributed by atoms with Crippen molar-refractivity contribution in [2.45, 2.75) is 39.7 Å². The van der Waals surface area contributed by atoms with Crippen molar-refractivity contribution in [1.82, 2.24) is 5.32 Å². The van der Waals surface area contributed by atoms with E-state index in [2.05, 4.69) is 31.2 Å². The molecule has 2 heterocycles. The lowest BCUT2D eigenvalue weighted by Gasteiger charge is -2.34. The number of nitrogens with one attached hydrogen (secondary N) is 1. The monoisotopic (exact) mass is 248 g/mol. The molecular formula is C14H22N3O+. The van der Waals surface area contributed by atoms with Gasteiger partial charge >= 0.3 is 0 Å². The molecular weight excluding hydrogens is 226 g/mol. The first-order valence-electron chi connectivity index (χ1n) is 6.33. The molecule has 0 fully saturated rings. The number of quaternary nitrogens is 1. The maximum Gasteiger partial charge on any atom is 0.253 e. The standard InChI is InChI=1S/C14H21N3O/c1-10-8-14(3,4)15-13(18)12(10)9-17(5)7-6-11(2)16-17/h6-7H,8-9H2,1-5H3/p+1. The first-order chi connectivity index (χ1) is 8.21. The van der Waals surface area contributed by atoms with E-state index in [9.17, 15) is 4.79 Å². The molecule has 2 rings (SSSR count). The van der Waals surface area contributed by atoms with E-state index in [1.54, 1.807) is 0 Å². The van der Waals surface area contributed by atoms with E-state index < -0.39 is 0 Å². The van der Waals surface area contributed by atoms with E-state index in [-0.39, 0.29) is 11.4 Å². The molecule has 0 bridgehead atoms. The summed E-state index contributed by atoms with van der Waals surface area (Å²) < 4.78 is 0.437. The van der Waals surface area contributed by atoms with Crippen molar-refractivity contribution in [1.29, 1.82) is 0 Å². The molecule has 0 spiro atoms. The Bertz CT molecular complexity index is 485. The average Bonchev–Trinajstić information content (AvgIpc) is 2.52. The van der Waals surface area contributed by atoms with Crippen LogP contribution in [0.25, 0.3) is 0 Å². The molecule has 1 N–H and O–H groups in total. The fourth-order valence-corrected chi connectivity index (χ4v) is 2.70. The molecule has 4 heteroatoms. The van der Waals surface area contributed by atoms with Crippen molar-refractivity contribution in [3.05, 3.63) is 23.4 Å². The molecule has 0 aromatic heterocycles. The number of allylic oxidation sites excluding steroid dienone is 1. The first-order valence-corrected chi connectivity index (χ1v) is 6.33. The van der Waals surface area contributed by atoms with Gasteiger partial charge in [0.15, 0.2) is 0 Å². The van der Waals surface area contributed by atoms with Gasteiger partial charge in [0, 0.05) is 11.6 Å². The minimum Gasteiger partial charge on any atom is -0.347 e. The van der Waals surface area contributed by atoms with Crippen LogP contribution in [0, 0.1) is 0 Å². The van der Waals surface area contributed by atoms with Gasteiger partial charge in [-0.3, -0.25) is 4.79 Å². The third-order valence-electron chi connectivity index (χ3n) is 3.45. The third kappa shape index (κ3) is 2.53. The second-order valence-corrected chi connectivity index (χ2v) is 6.20. The summed E-state index contributed by atoms with van der Waals surface area (Å²) in [6.07, 6.45) is 4.93. The van der Waals surface area contributed by atoms with Crippen LogP contribution in [0.15, 0.2) is 28.5 Å².